The smallest absolute Gasteiger partial charge is 0.187 e. The van der Waals surface area contributed by atoms with Gasteiger partial charge in [0.2, 0.25) is 0 Å². The Hall–Kier alpha value is -3.95. The molecule has 4 rings (SSSR count). The van der Waals surface area contributed by atoms with Crippen LogP contribution in [-0.2, 0) is 11.2 Å². The maximum atomic E-state index is 14.5. The summed E-state index contributed by atoms with van der Waals surface area (Å²) in [5.74, 6) is -1.86. The van der Waals surface area contributed by atoms with Crippen molar-refractivity contribution >= 4 is 17.2 Å². The van der Waals surface area contributed by atoms with Crippen LogP contribution in [0.2, 0.25) is 0 Å². The van der Waals surface area contributed by atoms with E-state index in [4.69, 9.17) is 10.5 Å². The molecule has 0 amide bonds. The number of benzene rings is 1. The molecule has 0 spiro atoms. The predicted octanol–water partition coefficient (Wildman–Crippen LogP) is 3.08. The number of carbonyl (C=O) groups is 1. The molecule has 3 atom stereocenters. The number of carbonyl (C=O) groups excluding carboxylic acids is 1. The molecular weight excluding hydrogens is 444 g/mol. The number of ketones is 1. The topological polar surface area (TPSA) is 119 Å². The van der Waals surface area contributed by atoms with Crippen molar-refractivity contribution in [2.24, 2.45) is 0 Å². The van der Waals surface area contributed by atoms with E-state index < -0.39 is 35.7 Å². The lowest BCUT2D eigenvalue weighted by Crippen LogP contribution is -2.40. The lowest BCUT2D eigenvalue weighted by molar-refractivity contribution is -0.0339. The predicted molar refractivity (Wildman–Crippen MR) is 121 cm³/mol. The third-order valence-corrected chi connectivity index (χ3v) is 5.42. The highest BCUT2D eigenvalue weighted by atomic mass is 19.1. The highest BCUT2D eigenvalue weighted by Gasteiger charge is 2.31. The van der Waals surface area contributed by atoms with E-state index in [0.717, 1.165) is 12.1 Å². The number of rotatable bonds is 6. The lowest BCUT2D eigenvalue weighted by atomic mass is 9.97. The van der Waals surface area contributed by atoms with Gasteiger partial charge in [-0.2, -0.15) is 0 Å². The molecule has 2 aromatic heterocycles. The first kappa shape index (κ1) is 23.2. The number of Topliss-reactive ketones (excluding diaryl/α,β-unsaturated/α-hetero) is 1. The molecule has 0 radical (unpaired) electrons. The zero-order chi connectivity index (χ0) is 24.4. The minimum Gasteiger partial charge on any atom is -0.483 e. The van der Waals surface area contributed by atoms with Crippen LogP contribution in [-0.4, -0.2) is 44.3 Å². The quantitative estimate of drug-likeness (QED) is 0.378. The van der Waals surface area contributed by atoms with Gasteiger partial charge in [-0.05, 0) is 35.9 Å². The fourth-order valence-electron chi connectivity index (χ4n) is 3.68. The van der Waals surface area contributed by atoms with E-state index >= 15 is 0 Å². The average Bonchev–Trinajstić information content (AvgIpc) is 2.82. The van der Waals surface area contributed by atoms with E-state index in [-0.39, 0.29) is 34.8 Å². The van der Waals surface area contributed by atoms with Crippen LogP contribution in [0.4, 0.5) is 14.5 Å². The van der Waals surface area contributed by atoms with Crippen LogP contribution in [0.15, 0.2) is 67.5 Å². The zero-order valence-corrected chi connectivity index (χ0v) is 17.9. The molecule has 3 heterocycles. The summed E-state index contributed by atoms with van der Waals surface area (Å²) in [6.45, 7) is 3.59. The molecule has 4 N–H and O–H groups in total. The molecule has 9 heteroatoms. The van der Waals surface area contributed by atoms with Gasteiger partial charge < -0.3 is 20.7 Å². The molecule has 7 nitrogen and oxygen atoms in total. The van der Waals surface area contributed by atoms with Gasteiger partial charge in [0.25, 0.3) is 0 Å². The van der Waals surface area contributed by atoms with E-state index in [2.05, 4.69) is 16.5 Å². The fraction of sp³-hybridized carbons (Fsp3) is 0.160. The van der Waals surface area contributed by atoms with Crippen molar-refractivity contribution < 1.29 is 28.5 Å². The average molecular weight is 465 g/mol. The Morgan fingerprint density at radius 1 is 1.18 bits per heavy atom. The SMILES string of the molecule is C=C[C@H]1OC(c2ccncc2CC(=O)c2nc(-c3ccccc3F)c(F)cc2N)=C[C@@H](O)[C@@H]1O. The molecule has 1 aliphatic rings. The summed E-state index contributed by atoms with van der Waals surface area (Å²) in [5, 5.41) is 20.2. The number of nitrogens with zero attached hydrogens (tertiary/aromatic N) is 2. The first-order chi connectivity index (χ1) is 16.3. The standard InChI is InChI=1S/C25H21F2N3O4/c1-2-21-25(33)20(32)11-22(34-21)14-7-8-29-12-13(14)9-19(31)24-18(28)10-17(27)23(30-24)15-5-3-4-6-16(15)26/h2-8,10-12,20-21,25,32-33H,1,9,28H2/t20-,21-,25+/m1/s1. The molecule has 0 bridgehead atoms. The van der Waals surface area contributed by atoms with Gasteiger partial charge in [-0.25, -0.2) is 13.8 Å². The Balaban J connectivity index is 1.69. The molecule has 3 aromatic rings. The molecule has 0 aliphatic carbocycles. The Morgan fingerprint density at radius 2 is 1.94 bits per heavy atom. The van der Waals surface area contributed by atoms with E-state index in [1.807, 2.05) is 0 Å². The first-order valence-electron chi connectivity index (χ1n) is 10.3. The van der Waals surface area contributed by atoms with Crippen molar-refractivity contribution in [3.63, 3.8) is 0 Å². The van der Waals surface area contributed by atoms with Crippen molar-refractivity contribution in [2.45, 2.75) is 24.7 Å². The molecule has 0 fully saturated rings. The minimum absolute atomic E-state index is 0.0973. The normalized spacial score (nSPS) is 19.8. The molecule has 174 valence electrons. The summed E-state index contributed by atoms with van der Waals surface area (Å²) in [7, 11) is 0. The maximum Gasteiger partial charge on any atom is 0.187 e. The van der Waals surface area contributed by atoms with Crippen LogP contribution in [0.3, 0.4) is 0 Å². The first-order valence-corrected chi connectivity index (χ1v) is 10.3. The van der Waals surface area contributed by atoms with Crippen LogP contribution in [0.5, 0.6) is 0 Å². The Labute approximate surface area is 193 Å². The number of aromatic nitrogens is 2. The minimum atomic E-state index is -1.21. The number of hydrogen-bond donors (Lipinski definition) is 3. The molecule has 1 aromatic carbocycles. The summed E-state index contributed by atoms with van der Waals surface area (Å²) in [4.78, 5) is 21.2. The number of ether oxygens (including phenoxy) is 1. The summed E-state index contributed by atoms with van der Waals surface area (Å²) in [5.41, 5.74) is 5.92. The van der Waals surface area contributed by atoms with Crippen LogP contribution < -0.4 is 5.73 Å². The Kier molecular flexibility index (Phi) is 6.49. The van der Waals surface area contributed by atoms with Gasteiger partial charge >= 0.3 is 0 Å². The van der Waals surface area contributed by atoms with Gasteiger partial charge in [0.15, 0.2) is 11.6 Å². The van der Waals surface area contributed by atoms with Crippen LogP contribution in [0, 0.1) is 11.6 Å². The van der Waals surface area contributed by atoms with Crippen molar-refractivity contribution in [2.75, 3.05) is 5.73 Å². The number of aliphatic hydroxyl groups excluding tert-OH is 2. The summed E-state index contributed by atoms with van der Waals surface area (Å²) in [6.07, 6.45) is 2.12. The molecule has 0 unspecified atom stereocenters. The van der Waals surface area contributed by atoms with Gasteiger partial charge in [0, 0.05) is 36.0 Å². The second kappa shape index (κ2) is 9.50. The van der Waals surface area contributed by atoms with E-state index in [0.29, 0.717) is 11.1 Å². The number of nitrogen functional groups attached to an aromatic ring is 1. The van der Waals surface area contributed by atoms with E-state index in [1.54, 1.807) is 6.07 Å². The Morgan fingerprint density at radius 3 is 2.68 bits per heavy atom. The van der Waals surface area contributed by atoms with Crippen molar-refractivity contribution in [3.05, 3.63) is 96.0 Å². The zero-order valence-electron chi connectivity index (χ0n) is 17.9. The fourth-order valence-corrected chi connectivity index (χ4v) is 3.68. The number of halogens is 2. The largest absolute Gasteiger partial charge is 0.483 e. The van der Waals surface area contributed by atoms with Gasteiger partial charge in [-0.15, -0.1) is 0 Å². The lowest BCUT2D eigenvalue weighted by Gasteiger charge is -2.30. The highest BCUT2D eigenvalue weighted by molar-refractivity contribution is 6.01. The van der Waals surface area contributed by atoms with E-state index in [9.17, 15) is 23.8 Å². The van der Waals surface area contributed by atoms with Crippen molar-refractivity contribution in [3.8, 4) is 11.3 Å². The summed E-state index contributed by atoms with van der Waals surface area (Å²) < 4.78 is 34.5. The maximum absolute atomic E-state index is 14.5. The monoisotopic (exact) mass is 465 g/mol. The van der Waals surface area contributed by atoms with Crippen molar-refractivity contribution in [1.82, 2.24) is 9.97 Å². The molecule has 1 aliphatic heterocycles. The summed E-state index contributed by atoms with van der Waals surface area (Å²) in [6, 6.07) is 8.03. The number of pyridine rings is 2. The second-order valence-electron chi connectivity index (χ2n) is 7.70. The van der Waals surface area contributed by atoms with Crippen LogP contribution in [0.25, 0.3) is 17.0 Å². The van der Waals surface area contributed by atoms with Gasteiger partial charge in [-0.1, -0.05) is 18.7 Å². The van der Waals surface area contributed by atoms with Gasteiger partial charge in [-0.3, -0.25) is 9.78 Å². The molecular formula is C25H21F2N3O4. The second-order valence-corrected chi connectivity index (χ2v) is 7.70. The number of hydrogen-bond acceptors (Lipinski definition) is 7. The third-order valence-electron chi connectivity index (χ3n) is 5.42. The Bertz CT molecular complexity index is 1290. The number of aliphatic hydroxyl groups is 2. The van der Waals surface area contributed by atoms with Crippen LogP contribution in [0.1, 0.15) is 21.6 Å². The van der Waals surface area contributed by atoms with E-state index in [1.165, 1.54) is 42.7 Å². The van der Waals surface area contributed by atoms with Crippen molar-refractivity contribution in [1.29, 1.82) is 0 Å². The molecule has 0 saturated carbocycles. The van der Waals surface area contributed by atoms with Crippen LogP contribution >= 0.6 is 0 Å². The molecule has 0 saturated heterocycles. The summed E-state index contributed by atoms with van der Waals surface area (Å²) >= 11 is 0. The van der Waals surface area contributed by atoms with Gasteiger partial charge in [0.05, 0.1) is 5.69 Å². The van der Waals surface area contributed by atoms with Gasteiger partial charge in [0.1, 0.15) is 41.3 Å². The number of nitrogens with two attached hydrogens (primary N) is 1. The number of anilines is 1. The third kappa shape index (κ3) is 4.43. The highest BCUT2D eigenvalue weighted by Crippen LogP contribution is 2.30. The molecule has 34 heavy (non-hydrogen) atoms.